The average molecular weight is 346 g/mol. The third kappa shape index (κ3) is 3.09. The SMILES string of the molecule is CCCN1C(=O)CC(Nc2ccc(Br)c(Cl)c2)C1=O. The minimum atomic E-state index is -0.490. The molecule has 4 nitrogen and oxygen atoms in total. The number of carbonyl (C=O) groups excluding carboxylic acids is 2. The average Bonchev–Trinajstić information content (AvgIpc) is 2.62. The van der Waals surface area contributed by atoms with E-state index >= 15 is 0 Å². The summed E-state index contributed by atoms with van der Waals surface area (Å²) in [7, 11) is 0. The van der Waals surface area contributed by atoms with Gasteiger partial charge in [0.15, 0.2) is 0 Å². The fourth-order valence-electron chi connectivity index (χ4n) is 2.04. The summed E-state index contributed by atoms with van der Waals surface area (Å²) in [5.74, 6) is -0.279. The van der Waals surface area contributed by atoms with Crippen molar-refractivity contribution in [1.29, 1.82) is 0 Å². The zero-order valence-corrected chi connectivity index (χ0v) is 12.8. The summed E-state index contributed by atoms with van der Waals surface area (Å²) in [4.78, 5) is 25.1. The van der Waals surface area contributed by atoms with Crippen LogP contribution in [0.15, 0.2) is 22.7 Å². The fourth-order valence-corrected chi connectivity index (χ4v) is 2.47. The molecule has 1 atom stereocenters. The van der Waals surface area contributed by atoms with E-state index in [1.54, 1.807) is 12.1 Å². The maximum absolute atomic E-state index is 12.1. The van der Waals surface area contributed by atoms with E-state index in [9.17, 15) is 9.59 Å². The molecule has 1 aromatic carbocycles. The van der Waals surface area contributed by atoms with Crippen LogP contribution in [0.5, 0.6) is 0 Å². The Morgan fingerprint density at radius 1 is 1.47 bits per heavy atom. The van der Waals surface area contributed by atoms with Crippen LogP contribution in [0.3, 0.4) is 0 Å². The molecule has 1 saturated heterocycles. The zero-order valence-electron chi connectivity index (χ0n) is 10.5. The highest BCUT2D eigenvalue weighted by Gasteiger charge is 2.37. The molecule has 2 rings (SSSR count). The monoisotopic (exact) mass is 344 g/mol. The van der Waals surface area contributed by atoms with Gasteiger partial charge in [-0.15, -0.1) is 0 Å². The van der Waals surface area contributed by atoms with Crippen molar-refractivity contribution >= 4 is 45.0 Å². The second-order valence-electron chi connectivity index (χ2n) is 4.41. The predicted octanol–water partition coefficient (Wildman–Crippen LogP) is 3.05. The van der Waals surface area contributed by atoms with Crippen molar-refractivity contribution in [2.24, 2.45) is 0 Å². The number of rotatable bonds is 4. The number of hydrogen-bond acceptors (Lipinski definition) is 3. The number of likely N-dealkylation sites (tertiary alicyclic amines) is 1. The molecule has 6 heteroatoms. The highest BCUT2D eigenvalue weighted by Crippen LogP contribution is 2.27. The van der Waals surface area contributed by atoms with E-state index in [1.807, 2.05) is 13.0 Å². The van der Waals surface area contributed by atoms with Crippen LogP contribution in [0.1, 0.15) is 19.8 Å². The number of anilines is 1. The maximum atomic E-state index is 12.1. The molecular weight excluding hydrogens is 332 g/mol. The van der Waals surface area contributed by atoms with Crippen molar-refractivity contribution in [3.8, 4) is 0 Å². The Morgan fingerprint density at radius 2 is 2.21 bits per heavy atom. The van der Waals surface area contributed by atoms with E-state index in [0.717, 1.165) is 16.6 Å². The summed E-state index contributed by atoms with van der Waals surface area (Å²) < 4.78 is 0.793. The number of imide groups is 1. The molecule has 1 fully saturated rings. The standard InChI is InChI=1S/C13H14BrClN2O2/c1-2-5-17-12(18)7-11(13(17)19)16-8-3-4-9(14)10(15)6-8/h3-4,6,11,16H,2,5,7H2,1H3. The van der Waals surface area contributed by atoms with E-state index < -0.39 is 6.04 Å². The van der Waals surface area contributed by atoms with E-state index in [2.05, 4.69) is 21.2 Å². The molecule has 0 aromatic heterocycles. The van der Waals surface area contributed by atoms with Crippen LogP contribution in [0.2, 0.25) is 5.02 Å². The van der Waals surface area contributed by atoms with Crippen LogP contribution < -0.4 is 5.32 Å². The van der Waals surface area contributed by atoms with E-state index in [0.29, 0.717) is 11.6 Å². The molecule has 0 bridgehead atoms. The van der Waals surface area contributed by atoms with E-state index in [4.69, 9.17) is 11.6 Å². The highest BCUT2D eigenvalue weighted by molar-refractivity contribution is 9.10. The number of hydrogen-bond donors (Lipinski definition) is 1. The largest absolute Gasteiger partial charge is 0.373 e. The minimum Gasteiger partial charge on any atom is -0.373 e. The second kappa shape index (κ2) is 5.92. The van der Waals surface area contributed by atoms with Gasteiger partial charge in [0.05, 0.1) is 11.4 Å². The molecule has 19 heavy (non-hydrogen) atoms. The first-order valence-electron chi connectivity index (χ1n) is 6.08. The van der Waals surface area contributed by atoms with Gasteiger partial charge in [-0.1, -0.05) is 18.5 Å². The first kappa shape index (κ1) is 14.3. The third-order valence-electron chi connectivity index (χ3n) is 2.95. The Bertz CT molecular complexity index is 521. The lowest BCUT2D eigenvalue weighted by molar-refractivity contribution is -0.138. The molecule has 1 unspecified atom stereocenters. The first-order chi connectivity index (χ1) is 9.02. The normalized spacial score (nSPS) is 19.1. The maximum Gasteiger partial charge on any atom is 0.252 e. The summed E-state index contributed by atoms with van der Waals surface area (Å²) in [5, 5.41) is 3.62. The topological polar surface area (TPSA) is 49.4 Å². The smallest absolute Gasteiger partial charge is 0.252 e. The molecule has 102 valence electrons. The number of nitrogens with one attached hydrogen (secondary N) is 1. The van der Waals surface area contributed by atoms with Crippen molar-refractivity contribution in [1.82, 2.24) is 4.90 Å². The Morgan fingerprint density at radius 3 is 2.84 bits per heavy atom. The van der Waals surface area contributed by atoms with Gasteiger partial charge in [-0.05, 0) is 40.5 Å². The van der Waals surface area contributed by atoms with Gasteiger partial charge in [0.25, 0.3) is 5.91 Å². The highest BCUT2D eigenvalue weighted by atomic mass is 79.9. The number of carbonyl (C=O) groups is 2. The van der Waals surface area contributed by atoms with Gasteiger partial charge in [-0.25, -0.2) is 0 Å². The Labute approximate surface area is 125 Å². The molecule has 2 amide bonds. The third-order valence-corrected chi connectivity index (χ3v) is 4.18. The Hall–Kier alpha value is -1.07. The Balaban J connectivity index is 2.09. The molecule has 0 radical (unpaired) electrons. The summed E-state index contributed by atoms with van der Waals surface area (Å²) in [6.07, 6.45) is 0.973. The quantitative estimate of drug-likeness (QED) is 0.853. The molecule has 0 spiro atoms. The van der Waals surface area contributed by atoms with Crippen LogP contribution >= 0.6 is 27.5 Å². The Kier molecular flexibility index (Phi) is 4.47. The van der Waals surface area contributed by atoms with Crippen molar-refractivity contribution < 1.29 is 9.59 Å². The molecule has 0 aliphatic carbocycles. The molecule has 0 saturated carbocycles. The van der Waals surface area contributed by atoms with Gasteiger partial charge in [0.1, 0.15) is 6.04 Å². The van der Waals surface area contributed by atoms with Crippen LogP contribution in [0.25, 0.3) is 0 Å². The van der Waals surface area contributed by atoms with Crippen molar-refractivity contribution in [2.75, 3.05) is 11.9 Å². The van der Waals surface area contributed by atoms with Crippen molar-refractivity contribution in [2.45, 2.75) is 25.8 Å². The van der Waals surface area contributed by atoms with Gasteiger partial charge in [0, 0.05) is 16.7 Å². The van der Waals surface area contributed by atoms with E-state index in [-0.39, 0.29) is 18.2 Å². The van der Waals surface area contributed by atoms with Crippen LogP contribution in [0.4, 0.5) is 5.69 Å². The lowest BCUT2D eigenvalue weighted by Gasteiger charge is -2.15. The lowest BCUT2D eigenvalue weighted by Crippen LogP contribution is -2.35. The molecule has 1 aliphatic rings. The van der Waals surface area contributed by atoms with E-state index in [1.165, 1.54) is 4.90 Å². The molecular formula is C13H14BrClN2O2. The van der Waals surface area contributed by atoms with Gasteiger partial charge in [0.2, 0.25) is 5.91 Å². The summed E-state index contributed by atoms with van der Waals surface area (Å²) in [6, 6.07) is 4.86. The number of benzene rings is 1. The van der Waals surface area contributed by atoms with Gasteiger partial charge >= 0.3 is 0 Å². The lowest BCUT2D eigenvalue weighted by atomic mass is 10.2. The van der Waals surface area contributed by atoms with Gasteiger partial charge < -0.3 is 5.32 Å². The van der Waals surface area contributed by atoms with Gasteiger partial charge in [-0.3, -0.25) is 14.5 Å². The number of halogens is 2. The predicted molar refractivity (Wildman–Crippen MR) is 78.2 cm³/mol. The van der Waals surface area contributed by atoms with Crippen LogP contribution in [0, 0.1) is 0 Å². The molecule has 1 aromatic rings. The zero-order chi connectivity index (χ0) is 14.0. The summed E-state index contributed by atoms with van der Waals surface area (Å²) in [6.45, 7) is 2.42. The fraction of sp³-hybridized carbons (Fsp3) is 0.385. The first-order valence-corrected chi connectivity index (χ1v) is 7.25. The van der Waals surface area contributed by atoms with Crippen molar-refractivity contribution in [3.05, 3.63) is 27.7 Å². The molecule has 1 heterocycles. The van der Waals surface area contributed by atoms with Crippen LogP contribution in [-0.2, 0) is 9.59 Å². The summed E-state index contributed by atoms with van der Waals surface area (Å²) in [5.41, 5.74) is 0.734. The van der Waals surface area contributed by atoms with Gasteiger partial charge in [-0.2, -0.15) is 0 Å². The number of amides is 2. The minimum absolute atomic E-state index is 0.118. The molecule has 1 aliphatic heterocycles. The second-order valence-corrected chi connectivity index (χ2v) is 5.68. The molecule has 1 N–H and O–H groups in total. The number of nitrogens with zero attached hydrogens (tertiary/aromatic N) is 1. The van der Waals surface area contributed by atoms with Crippen LogP contribution in [-0.4, -0.2) is 29.3 Å². The van der Waals surface area contributed by atoms with Crippen molar-refractivity contribution in [3.63, 3.8) is 0 Å². The summed E-state index contributed by atoms with van der Waals surface area (Å²) >= 11 is 9.30.